The van der Waals surface area contributed by atoms with Gasteiger partial charge in [-0.25, -0.2) is 0 Å². The minimum Gasteiger partial charge on any atom is -0.462 e. The van der Waals surface area contributed by atoms with Gasteiger partial charge in [0.1, 0.15) is 11.7 Å². The third kappa shape index (κ3) is 3.13. The second-order valence-corrected chi connectivity index (χ2v) is 14.4. The summed E-state index contributed by atoms with van der Waals surface area (Å²) in [4.78, 5) is 11.6. The second-order valence-electron chi connectivity index (χ2n) is 14.4. The van der Waals surface area contributed by atoms with E-state index in [0.29, 0.717) is 23.7 Å². The fourth-order valence-corrected chi connectivity index (χ4v) is 10.3. The average molecular weight is 487 g/mol. The van der Waals surface area contributed by atoms with Gasteiger partial charge in [-0.15, -0.1) is 0 Å². The lowest BCUT2D eigenvalue weighted by molar-refractivity contribution is -0.298. The molecule has 11 atom stereocenters. The summed E-state index contributed by atoms with van der Waals surface area (Å²) in [5.74, 6) is 1.28. The molecule has 3 unspecified atom stereocenters. The van der Waals surface area contributed by atoms with Crippen molar-refractivity contribution >= 4 is 5.97 Å². The Bertz CT molecular complexity index is 952. The second kappa shape index (κ2) is 7.35. The Morgan fingerprint density at radius 1 is 1.11 bits per heavy atom. The molecule has 196 valence electrons. The van der Waals surface area contributed by atoms with Crippen molar-refractivity contribution in [2.45, 2.75) is 129 Å². The van der Waals surface area contributed by atoms with Crippen LogP contribution in [-0.4, -0.2) is 40.3 Å². The lowest BCUT2D eigenvalue weighted by Gasteiger charge is -2.59. The maximum absolute atomic E-state index is 12.2. The predicted molar refractivity (Wildman–Crippen MR) is 133 cm³/mol. The maximum Gasteiger partial charge on any atom is 0.302 e. The van der Waals surface area contributed by atoms with Crippen LogP contribution in [0.4, 0.5) is 0 Å². The Kier molecular flexibility index (Phi) is 5.13. The highest BCUT2D eigenvalue weighted by Gasteiger charge is 2.76. The molecule has 1 N–H and O–H groups in total. The molecule has 5 heteroatoms. The first-order chi connectivity index (χ1) is 16.2. The van der Waals surface area contributed by atoms with Gasteiger partial charge in [0.2, 0.25) is 0 Å². The number of rotatable bonds is 1. The minimum atomic E-state index is -0.988. The van der Waals surface area contributed by atoms with Crippen LogP contribution in [0.3, 0.4) is 0 Å². The Hall–Kier alpha value is -0.910. The summed E-state index contributed by atoms with van der Waals surface area (Å²) in [6.07, 6.45) is 10.8. The molecule has 5 fully saturated rings. The molecule has 3 saturated carbocycles. The highest BCUT2D eigenvalue weighted by molar-refractivity contribution is 5.66. The van der Waals surface area contributed by atoms with Crippen LogP contribution in [0, 0.1) is 40.4 Å². The van der Waals surface area contributed by atoms with Crippen LogP contribution < -0.4 is 0 Å². The molecule has 0 aromatic heterocycles. The standard InChI is InChI=1S/C30H46O5/c1-17-16-30(35-26(17,3)4)29(7,32)25-24(34-30)15-23-21-9-8-19-14-20(33-18(2)31)10-12-27(19,5)22(21)11-13-28(23,25)6/h8,17,20-25,32H,9-16H2,1-7H3/t17-,20-,21?,22?,23?,24-,25-,27-,28-,29+,30+/m0/s1. The predicted octanol–water partition coefficient (Wildman–Crippen LogP) is 5.79. The van der Waals surface area contributed by atoms with Crippen LogP contribution in [0.15, 0.2) is 11.6 Å². The van der Waals surface area contributed by atoms with Crippen LogP contribution in [-0.2, 0) is 19.0 Å². The van der Waals surface area contributed by atoms with Crippen LogP contribution in [0.5, 0.6) is 0 Å². The smallest absolute Gasteiger partial charge is 0.302 e. The molecule has 0 amide bonds. The van der Waals surface area contributed by atoms with E-state index in [-0.39, 0.29) is 40.5 Å². The van der Waals surface area contributed by atoms with Crippen LogP contribution in [0.1, 0.15) is 99.8 Å². The topological polar surface area (TPSA) is 65.0 Å². The lowest BCUT2D eigenvalue weighted by atomic mass is 9.46. The Morgan fingerprint density at radius 3 is 2.51 bits per heavy atom. The van der Waals surface area contributed by atoms with Crippen molar-refractivity contribution in [1.29, 1.82) is 0 Å². The van der Waals surface area contributed by atoms with E-state index < -0.39 is 11.4 Å². The number of carbonyl (C=O) groups excluding carboxylic acids is 1. The van der Waals surface area contributed by atoms with Crippen LogP contribution in [0.2, 0.25) is 0 Å². The first-order valence-electron chi connectivity index (χ1n) is 14.2. The van der Waals surface area contributed by atoms with Crippen molar-refractivity contribution in [3.05, 3.63) is 11.6 Å². The SMILES string of the molecule is CC(=O)O[C@H]1CC[C@@]2(C)C(=CCC3C2CC[C@@]2(C)C3C[C@@H]3O[C@@]4(C[C@H](C)C(C)(C)O4)[C@](C)(O)[C@@H]32)C1. The van der Waals surface area contributed by atoms with E-state index in [1.807, 2.05) is 6.92 Å². The van der Waals surface area contributed by atoms with Gasteiger partial charge in [0.25, 0.3) is 0 Å². The normalized spacial score (nSPS) is 56.1. The van der Waals surface area contributed by atoms with Crippen molar-refractivity contribution in [3.63, 3.8) is 0 Å². The van der Waals surface area contributed by atoms with Gasteiger partial charge in [-0.2, -0.15) is 0 Å². The van der Waals surface area contributed by atoms with Gasteiger partial charge in [-0.05, 0) is 93.8 Å². The molecule has 1 spiro atoms. The van der Waals surface area contributed by atoms with Crippen molar-refractivity contribution in [3.8, 4) is 0 Å². The van der Waals surface area contributed by atoms with Gasteiger partial charge in [0.15, 0.2) is 5.79 Å². The molecule has 0 aromatic carbocycles. The van der Waals surface area contributed by atoms with E-state index >= 15 is 0 Å². The van der Waals surface area contributed by atoms with Gasteiger partial charge >= 0.3 is 5.97 Å². The molecular formula is C30H46O5. The van der Waals surface area contributed by atoms with E-state index in [2.05, 4.69) is 40.7 Å². The summed E-state index contributed by atoms with van der Waals surface area (Å²) in [5, 5.41) is 12.2. The number of hydrogen-bond acceptors (Lipinski definition) is 5. The first kappa shape index (κ1) is 24.4. The molecule has 4 aliphatic carbocycles. The van der Waals surface area contributed by atoms with Crippen molar-refractivity contribution < 1.29 is 24.1 Å². The zero-order valence-corrected chi connectivity index (χ0v) is 22.9. The number of hydrogen-bond donors (Lipinski definition) is 1. The number of aliphatic hydroxyl groups is 1. The Morgan fingerprint density at radius 2 is 1.86 bits per heavy atom. The first-order valence-corrected chi connectivity index (χ1v) is 14.2. The molecule has 0 bridgehead atoms. The fourth-order valence-electron chi connectivity index (χ4n) is 10.3. The fraction of sp³-hybridized carbons (Fsp3) is 0.900. The molecule has 0 radical (unpaired) electrons. The summed E-state index contributed by atoms with van der Waals surface area (Å²) in [6.45, 7) is 15.0. The third-order valence-electron chi connectivity index (χ3n) is 12.3. The largest absolute Gasteiger partial charge is 0.462 e. The average Bonchev–Trinajstić information content (AvgIpc) is 3.25. The minimum absolute atomic E-state index is 0.0424. The summed E-state index contributed by atoms with van der Waals surface area (Å²) in [7, 11) is 0. The van der Waals surface area contributed by atoms with Gasteiger partial charge in [0, 0.05) is 25.7 Å². The number of ether oxygens (including phenoxy) is 3. The molecule has 6 aliphatic rings. The van der Waals surface area contributed by atoms with Crippen LogP contribution >= 0.6 is 0 Å². The Labute approximate surface area is 211 Å². The number of esters is 1. The number of allylic oxidation sites excluding steroid dienone is 1. The molecule has 5 nitrogen and oxygen atoms in total. The van der Waals surface area contributed by atoms with Crippen LogP contribution in [0.25, 0.3) is 0 Å². The molecule has 0 aromatic rings. The number of carbonyl (C=O) groups is 1. The van der Waals surface area contributed by atoms with E-state index in [1.54, 1.807) is 0 Å². The summed E-state index contributed by atoms with van der Waals surface area (Å²) < 4.78 is 19.0. The lowest BCUT2D eigenvalue weighted by Crippen LogP contribution is -2.58. The van der Waals surface area contributed by atoms with Crippen molar-refractivity contribution in [2.75, 3.05) is 0 Å². The zero-order valence-electron chi connectivity index (χ0n) is 22.9. The highest BCUT2D eigenvalue weighted by atomic mass is 16.7. The van der Waals surface area contributed by atoms with Crippen molar-refractivity contribution in [2.24, 2.45) is 40.4 Å². The van der Waals surface area contributed by atoms with Gasteiger partial charge in [-0.3, -0.25) is 4.79 Å². The van der Waals surface area contributed by atoms with E-state index in [4.69, 9.17) is 14.2 Å². The molecule has 2 saturated heterocycles. The number of fused-ring (bicyclic) bond motifs is 7. The monoisotopic (exact) mass is 486 g/mol. The summed E-state index contributed by atoms with van der Waals surface area (Å²) >= 11 is 0. The van der Waals surface area contributed by atoms with E-state index in [9.17, 15) is 9.90 Å². The highest BCUT2D eigenvalue weighted by Crippen LogP contribution is 2.72. The maximum atomic E-state index is 12.2. The van der Waals surface area contributed by atoms with Gasteiger partial charge in [0.05, 0.1) is 11.7 Å². The van der Waals surface area contributed by atoms with Gasteiger partial charge < -0.3 is 19.3 Å². The quantitative estimate of drug-likeness (QED) is 0.375. The molecule has 6 rings (SSSR count). The van der Waals surface area contributed by atoms with E-state index in [0.717, 1.165) is 44.9 Å². The molecule has 35 heavy (non-hydrogen) atoms. The third-order valence-corrected chi connectivity index (χ3v) is 12.3. The zero-order chi connectivity index (χ0) is 25.2. The summed E-state index contributed by atoms with van der Waals surface area (Å²) in [5.41, 5.74) is 0.518. The summed E-state index contributed by atoms with van der Waals surface area (Å²) in [6, 6.07) is 0. The molecule has 2 aliphatic heterocycles. The Balaban J connectivity index is 1.28. The van der Waals surface area contributed by atoms with Crippen molar-refractivity contribution in [1.82, 2.24) is 0 Å². The molecular weight excluding hydrogens is 440 g/mol. The van der Waals surface area contributed by atoms with Gasteiger partial charge in [-0.1, -0.05) is 32.4 Å². The molecule has 2 heterocycles. The van der Waals surface area contributed by atoms with E-state index in [1.165, 1.54) is 18.9 Å².